The van der Waals surface area contributed by atoms with E-state index in [9.17, 15) is 14.4 Å². The molecule has 0 radical (unpaired) electrons. The SMILES string of the molecule is COC(=O)c1c(SCC(=O)Nc2ccc3c(c2)OCCO3)[nH]c2ccccc2c1=O. The van der Waals surface area contributed by atoms with Crippen LogP contribution in [0.25, 0.3) is 10.9 Å². The zero-order valence-electron chi connectivity index (χ0n) is 16.0. The highest BCUT2D eigenvalue weighted by Crippen LogP contribution is 2.32. The van der Waals surface area contributed by atoms with E-state index in [1.165, 1.54) is 7.11 Å². The largest absolute Gasteiger partial charge is 0.486 e. The number of amides is 1. The molecule has 2 heterocycles. The molecule has 0 spiro atoms. The van der Waals surface area contributed by atoms with Crippen molar-refractivity contribution in [3.05, 3.63) is 58.3 Å². The Bertz CT molecular complexity index is 1190. The molecule has 0 unspecified atom stereocenters. The molecule has 4 rings (SSSR count). The average Bonchev–Trinajstić information content (AvgIpc) is 2.77. The van der Waals surface area contributed by atoms with E-state index in [0.717, 1.165) is 11.8 Å². The number of anilines is 1. The topological polar surface area (TPSA) is 107 Å². The molecule has 0 atom stereocenters. The van der Waals surface area contributed by atoms with Crippen molar-refractivity contribution >= 4 is 40.2 Å². The van der Waals surface area contributed by atoms with Crippen LogP contribution < -0.4 is 20.2 Å². The maximum atomic E-state index is 12.8. The third-order valence-corrected chi connectivity index (χ3v) is 5.44. The monoisotopic (exact) mass is 426 g/mol. The number of aromatic nitrogens is 1. The number of benzene rings is 2. The molecule has 1 aliphatic heterocycles. The minimum atomic E-state index is -0.753. The van der Waals surface area contributed by atoms with Gasteiger partial charge in [-0.05, 0) is 24.3 Å². The molecular formula is C21H18N2O6S. The average molecular weight is 426 g/mol. The molecule has 0 saturated heterocycles. The first-order valence-electron chi connectivity index (χ1n) is 9.12. The zero-order chi connectivity index (χ0) is 21.1. The van der Waals surface area contributed by atoms with E-state index in [2.05, 4.69) is 10.3 Å². The van der Waals surface area contributed by atoms with Crippen LogP contribution in [0, 0.1) is 0 Å². The third kappa shape index (κ3) is 3.97. The minimum Gasteiger partial charge on any atom is -0.486 e. The highest BCUT2D eigenvalue weighted by Gasteiger charge is 2.21. The molecular weight excluding hydrogens is 408 g/mol. The summed E-state index contributed by atoms with van der Waals surface area (Å²) in [6, 6.07) is 12.0. The van der Waals surface area contributed by atoms with Gasteiger partial charge < -0.3 is 24.5 Å². The third-order valence-electron chi connectivity index (χ3n) is 4.44. The normalized spacial score (nSPS) is 12.4. The molecule has 154 valence electrons. The maximum absolute atomic E-state index is 12.8. The second-order valence-corrected chi connectivity index (χ2v) is 7.38. The van der Waals surface area contributed by atoms with Gasteiger partial charge in [-0.25, -0.2) is 4.79 Å². The summed E-state index contributed by atoms with van der Waals surface area (Å²) in [4.78, 5) is 40.4. The number of pyridine rings is 1. The Morgan fingerprint density at radius 1 is 1.13 bits per heavy atom. The summed E-state index contributed by atoms with van der Waals surface area (Å²) in [5.41, 5.74) is 0.578. The van der Waals surface area contributed by atoms with E-state index < -0.39 is 11.4 Å². The van der Waals surface area contributed by atoms with Gasteiger partial charge in [0.25, 0.3) is 0 Å². The number of carbonyl (C=O) groups excluding carboxylic acids is 2. The van der Waals surface area contributed by atoms with Crippen molar-refractivity contribution in [1.29, 1.82) is 0 Å². The number of fused-ring (bicyclic) bond motifs is 2. The van der Waals surface area contributed by atoms with Crippen LogP contribution in [0.1, 0.15) is 10.4 Å². The predicted molar refractivity (Wildman–Crippen MR) is 113 cm³/mol. The molecule has 0 bridgehead atoms. The van der Waals surface area contributed by atoms with Crippen LogP contribution in [0.2, 0.25) is 0 Å². The summed E-state index contributed by atoms with van der Waals surface area (Å²) >= 11 is 1.05. The number of aromatic amines is 1. The lowest BCUT2D eigenvalue weighted by Gasteiger charge is -2.19. The molecule has 2 N–H and O–H groups in total. The first-order chi connectivity index (χ1) is 14.6. The molecule has 0 fully saturated rings. The Kier molecular flexibility index (Phi) is 5.62. The van der Waals surface area contributed by atoms with Crippen LogP contribution in [0.4, 0.5) is 5.69 Å². The lowest BCUT2D eigenvalue weighted by atomic mass is 10.1. The van der Waals surface area contributed by atoms with Gasteiger partial charge in [0.05, 0.1) is 23.4 Å². The molecule has 0 saturated carbocycles. The fourth-order valence-electron chi connectivity index (χ4n) is 3.06. The van der Waals surface area contributed by atoms with E-state index in [1.54, 1.807) is 42.5 Å². The summed E-state index contributed by atoms with van der Waals surface area (Å²) in [5, 5.41) is 3.43. The van der Waals surface area contributed by atoms with Crippen molar-refractivity contribution in [2.45, 2.75) is 5.03 Å². The number of rotatable bonds is 5. The van der Waals surface area contributed by atoms with Crippen molar-refractivity contribution < 1.29 is 23.8 Å². The van der Waals surface area contributed by atoms with E-state index in [1.807, 2.05) is 0 Å². The first-order valence-corrected chi connectivity index (χ1v) is 10.1. The number of methoxy groups -OCH3 is 1. The molecule has 2 aromatic carbocycles. The number of H-pyrrole nitrogens is 1. The second-order valence-electron chi connectivity index (χ2n) is 6.39. The van der Waals surface area contributed by atoms with Gasteiger partial charge >= 0.3 is 5.97 Å². The fraction of sp³-hybridized carbons (Fsp3) is 0.190. The highest BCUT2D eigenvalue weighted by molar-refractivity contribution is 8.00. The van der Waals surface area contributed by atoms with Crippen LogP contribution in [0.5, 0.6) is 11.5 Å². The van der Waals surface area contributed by atoms with E-state index in [4.69, 9.17) is 14.2 Å². The molecule has 3 aromatic rings. The Balaban J connectivity index is 1.53. The maximum Gasteiger partial charge on any atom is 0.344 e. The van der Waals surface area contributed by atoms with Crippen LogP contribution >= 0.6 is 11.8 Å². The zero-order valence-corrected chi connectivity index (χ0v) is 16.8. The van der Waals surface area contributed by atoms with Crippen molar-refractivity contribution in [3.8, 4) is 11.5 Å². The lowest BCUT2D eigenvalue weighted by Crippen LogP contribution is -2.20. The molecule has 1 aliphatic rings. The van der Waals surface area contributed by atoms with Gasteiger partial charge in [-0.1, -0.05) is 23.9 Å². The van der Waals surface area contributed by atoms with Gasteiger partial charge in [0.15, 0.2) is 11.5 Å². The second kappa shape index (κ2) is 8.50. The number of ether oxygens (including phenoxy) is 3. The number of hydrogen-bond donors (Lipinski definition) is 2. The molecule has 1 aromatic heterocycles. The molecule has 30 heavy (non-hydrogen) atoms. The number of thioether (sulfide) groups is 1. The Hall–Kier alpha value is -3.46. The molecule has 0 aliphatic carbocycles. The number of para-hydroxylation sites is 1. The van der Waals surface area contributed by atoms with Crippen LogP contribution in [0.15, 0.2) is 52.3 Å². The van der Waals surface area contributed by atoms with Crippen LogP contribution in [-0.4, -0.2) is 42.9 Å². The summed E-state index contributed by atoms with van der Waals surface area (Å²) in [7, 11) is 1.21. The van der Waals surface area contributed by atoms with Crippen molar-refractivity contribution in [2.75, 3.05) is 31.4 Å². The van der Waals surface area contributed by atoms with E-state index in [0.29, 0.717) is 41.3 Å². The Labute approximate surface area is 175 Å². The van der Waals surface area contributed by atoms with Crippen LogP contribution in [0.3, 0.4) is 0 Å². The van der Waals surface area contributed by atoms with Gasteiger partial charge in [-0.15, -0.1) is 0 Å². The van der Waals surface area contributed by atoms with Gasteiger partial charge in [0, 0.05) is 17.1 Å². The first kappa shape index (κ1) is 19.8. The van der Waals surface area contributed by atoms with Gasteiger partial charge in [-0.2, -0.15) is 0 Å². The van der Waals surface area contributed by atoms with Gasteiger partial charge in [0.1, 0.15) is 18.8 Å². The predicted octanol–water partition coefficient (Wildman–Crippen LogP) is 2.82. The van der Waals surface area contributed by atoms with E-state index >= 15 is 0 Å². The smallest absolute Gasteiger partial charge is 0.344 e. The Morgan fingerprint density at radius 2 is 1.90 bits per heavy atom. The number of carbonyl (C=O) groups is 2. The lowest BCUT2D eigenvalue weighted by molar-refractivity contribution is -0.113. The summed E-state index contributed by atoms with van der Waals surface area (Å²) in [5.74, 6) is 0.120. The van der Waals surface area contributed by atoms with Gasteiger partial charge in [0.2, 0.25) is 11.3 Å². The van der Waals surface area contributed by atoms with Crippen molar-refractivity contribution in [1.82, 2.24) is 4.98 Å². The number of esters is 1. The van der Waals surface area contributed by atoms with Crippen molar-refractivity contribution in [3.63, 3.8) is 0 Å². The number of nitrogens with one attached hydrogen (secondary N) is 2. The number of hydrogen-bond acceptors (Lipinski definition) is 7. The summed E-state index contributed by atoms with van der Waals surface area (Å²) in [6.45, 7) is 0.938. The standard InChI is InChI=1S/C21H18N2O6S/c1-27-21(26)18-19(25)13-4-2-3-5-14(13)23-20(18)30-11-17(24)22-12-6-7-15-16(10-12)29-9-8-28-15/h2-7,10H,8-9,11H2,1H3,(H,22,24)(H,23,25). The Morgan fingerprint density at radius 3 is 2.70 bits per heavy atom. The van der Waals surface area contributed by atoms with E-state index in [-0.39, 0.29) is 22.2 Å². The van der Waals surface area contributed by atoms with Gasteiger partial charge in [-0.3, -0.25) is 9.59 Å². The molecule has 8 nitrogen and oxygen atoms in total. The molecule has 9 heteroatoms. The van der Waals surface area contributed by atoms with Crippen molar-refractivity contribution in [2.24, 2.45) is 0 Å². The summed E-state index contributed by atoms with van der Waals surface area (Å²) in [6.07, 6.45) is 0. The summed E-state index contributed by atoms with van der Waals surface area (Å²) < 4.78 is 15.7. The fourth-order valence-corrected chi connectivity index (χ4v) is 3.91. The highest BCUT2D eigenvalue weighted by atomic mass is 32.2. The molecule has 1 amide bonds. The van der Waals surface area contributed by atoms with Crippen LogP contribution in [-0.2, 0) is 9.53 Å². The minimum absolute atomic E-state index is 0.0211. The quantitative estimate of drug-likeness (QED) is 0.477.